The summed E-state index contributed by atoms with van der Waals surface area (Å²) in [6.45, 7) is 6.14. The highest BCUT2D eigenvalue weighted by Crippen LogP contribution is 2.26. The summed E-state index contributed by atoms with van der Waals surface area (Å²) in [5.74, 6) is 1.76. The Hall–Kier alpha value is -1.51. The molecule has 0 aliphatic rings. The average Bonchev–Trinajstić information content (AvgIpc) is 2.46. The van der Waals surface area contributed by atoms with E-state index < -0.39 is 0 Å². The molecule has 0 amide bonds. The van der Waals surface area contributed by atoms with Crippen molar-refractivity contribution in [1.29, 1.82) is 0 Å². The third kappa shape index (κ3) is 1.48. The second kappa shape index (κ2) is 3.26. The van der Waals surface area contributed by atoms with Crippen LogP contribution in [0, 0.1) is 6.92 Å². The van der Waals surface area contributed by atoms with E-state index in [0.29, 0.717) is 11.7 Å². The highest BCUT2D eigenvalue weighted by atomic mass is 16.3. The summed E-state index contributed by atoms with van der Waals surface area (Å²) >= 11 is 0. The molecule has 0 atom stereocenters. The zero-order valence-electron chi connectivity index (χ0n) is 9.57. The van der Waals surface area contributed by atoms with E-state index in [1.54, 1.807) is 6.07 Å². The van der Waals surface area contributed by atoms with Crippen molar-refractivity contribution < 1.29 is 5.11 Å². The van der Waals surface area contributed by atoms with Gasteiger partial charge in [0.1, 0.15) is 11.6 Å². The third-order valence-electron chi connectivity index (χ3n) is 2.75. The Balaban J connectivity index is 2.77. The minimum absolute atomic E-state index is 0.316. The van der Waals surface area contributed by atoms with Crippen LogP contribution in [0.25, 0.3) is 11.0 Å². The Morgan fingerprint density at radius 3 is 2.60 bits per heavy atom. The molecule has 1 N–H and O–H groups in total. The zero-order valence-corrected chi connectivity index (χ0v) is 9.57. The topological polar surface area (TPSA) is 38.1 Å². The highest BCUT2D eigenvalue weighted by Gasteiger charge is 2.12. The molecule has 0 saturated heterocycles. The molecule has 3 heteroatoms. The van der Waals surface area contributed by atoms with E-state index in [2.05, 4.69) is 23.4 Å². The van der Waals surface area contributed by atoms with Crippen LogP contribution in [0.5, 0.6) is 5.75 Å². The number of hydrogen-bond donors (Lipinski definition) is 1. The number of fused-ring (bicyclic) bond motifs is 1. The first-order chi connectivity index (χ1) is 7.00. The first kappa shape index (κ1) is 10.0. The minimum Gasteiger partial charge on any atom is -0.508 e. The summed E-state index contributed by atoms with van der Waals surface area (Å²) in [4.78, 5) is 4.52. The maximum Gasteiger partial charge on any atom is 0.120 e. The first-order valence-electron chi connectivity index (χ1n) is 5.16. The number of imidazole rings is 1. The standard InChI is InChI=1S/C12H16N2O/c1-7(2)12-13-9-6-11(15)8(3)5-10(9)14(12)4/h5-7,15H,1-4H3. The fourth-order valence-electron chi connectivity index (χ4n) is 1.87. The van der Waals surface area contributed by atoms with Crippen LogP contribution in [-0.4, -0.2) is 14.7 Å². The summed E-state index contributed by atoms with van der Waals surface area (Å²) in [6.07, 6.45) is 0. The summed E-state index contributed by atoms with van der Waals surface area (Å²) in [5, 5.41) is 9.61. The Labute approximate surface area is 89.4 Å². The fraction of sp³-hybridized carbons (Fsp3) is 0.417. The van der Waals surface area contributed by atoms with E-state index in [4.69, 9.17) is 0 Å². The van der Waals surface area contributed by atoms with Gasteiger partial charge in [0.15, 0.2) is 0 Å². The van der Waals surface area contributed by atoms with E-state index in [9.17, 15) is 5.11 Å². The largest absolute Gasteiger partial charge is 0.508 e. The van der Waals surface area contributed by atoms with Gasteiger partial charge in [0.25, 0.3) is 0 Å². The smallest absolute Gasteiger partial charge is 0.120 e. The van der Waals surface area contributed by atoms with Crippen molar-refractivity contribution in [2.75, 3.05) is 0 Å². The molecule has 0 fully saturated rings. The number of aromatic nitrogens is 2. The fourth-order valence-corrected chi connectivity index (χ4v) is 1.87. The van der Waals surface area contributed by atoms with Gasteiger partial charge in [0.2, 0.25) is 0 Å². The van der Waals surface area contributed by atoms with Crippen molar-refractivity contribution in [3.8, 4) is 5.75 Å². The van der Waals surface area contributed by atoms with Crippen LogP contribution in [0.2, 0.25) is 0 Å². The lowest BCUT2D eigenvalue weighted by molar-refractivity contribution is 0.472. The average molecular weight is 204 g/mol. The normalized spacial score (nSPS) is 11.5. The molecule has 80 valence electrons. The van der Waals surface area contributed by atoms with Crippen molar-refractivity contribution in [3.63, 3.8) is 0 Å². The second-order valence-electron chi connectivity index (χ2n) is 4.31. The summed E-state index contributed by atoms with van der Waals surface area (Å²) in [7, 11) is 2.02. The molecule has 0 radical (unpaired) electrons. The lowest BCUT2D eigenvalue weighted by Gasteiger charge is -2.04. The molecular weight excluding hydrogens is 188 g/mol. The van der Waals surface area contributed by atoms with Gasteiger partial charge in [-0.05, 0) is 18.6 Å². The van der Waals surface area contributed by atoms with Gasteiger partial charge in [0.05, 0.1) is 11.0 Å². The Bertz CT molecular complexity index is 512. The molecule has 3 nitrogen and oxygen atoms in total. The predicted octanol–water partition coefficient (Wildman–Crippen LogP) is 2.71. The molecule has 2 aromatic rings. The first-order valence-corrected chi connectivity index (χ1v) is 5.16. The van der Waals surface area contributed by atoms with Gasteiger partial charge >= 0.3 is 0 Å². The molecule has 2 rings (SSSR count). The lowest BCUT2D eigenvalue weighted by atomic mass is 10.2. The maximum absolute atomic E-state index is 9.61. The van der Waals surface area contributed by atoms with Crippen molar-refractivity contribution in [1.82, 2.24) is 9.55 Å². The Morgan fingerprint density at radius 1 is 1.33 bits per heavy atom. The SMILES string of the molecule is Cc1cc2c(cc1O)nc(C(C)C)n2C. The van der Waals surface area contributed by atoms with Crippen LogP contribution in [-0.2, 0) is 7.05 Å². The molecule has 0 bridgehead atoms. The maximum atomic E-state index is 9.61. The molecule has 0 saturated carbocycles. The van der Waals surface area contributed by atoms with Crippen LogP contribution in [0.1, 0.15) is 31.2 Å². The van der Waals surface area contributed by atoms with Crippen LogP contribution in [0.3, 0.4) is 0 Å². The number of aryl methyl sites for hydroxylation is 2. The second-order valence-corrected chi connectivity index (χ2v) is 4.31. The van der Waals surface area contributed by atoms with Gasteiger partial charge in [-0.2, -0.15) is 0 Å². The number of benzene rings is 1. The number of rotatable bonds is 1. The van der Waals surface area contributed by atoms with Gasteiger partial charge in [-0.15, -0.1) is 0 Å². The number of hydrogen-bond acceptors (Lipinski definition) is 2. The van der Waals surface area contributed by atoms with Gasteiger partial charge in [0, 0.05) is 19.0 Å². The Kier molecular flexibility index (Phi) is 2.18. The number of phenols is 1. The van der Waals surface area contributed by atoms with Crippen LogP contribution in [0.15, 0.2) is 12.1 Å². The van der Waals surface area contributed by atoms with Crippen molar-refractivity contribution >= 4 is 11.0 Å². The molecule has 1 aromatic heterocycles. The van der Waals surface area contributed by atoms with Gasteiger partial charge in [-0.25, -0.2) is 4.98 Å². The molecule has 0 aliphatic carbocycles. The lowest BCUT2D eigenvalue weighted by Crippen LogP contribution is -1.99. The number of aromatic hydroxyl groups is 1. The molecule has 1 heterocycles. The minimum atomic E-state index is 0.316. The van der Waals surface area contributed by atoms with E-state index in [1.165, 1.54) is 0 Å². The van der Waals surface area contributed by atoms with Gasteiger partial charge < -0.3 is 9.67 Å². The molecule has 0 unspecified atom stereocenters. The van der Waals surface area contributed by atoms with Crippen molar-refractivity contribution in [2.24, 2.45) is 7.05 Å². The van der Waals surface area contributed by atoms with Gasteiger partial charge in [-0.3, -0.25) is 0 Å². The molecule has 15 heavy (non-hydrogen) atoms. The summed E-state index contributed by atoms with van der Waals surface area (Å²) < 4.78 is 2.09. The van der Waals surface area contributed by atoms with Gasteiger partial charge in [-0.1, -0.05) is 13.8 Å². The van der Waals surface area contributed by atoms with E-state index in [1.807, 2.05) is 20.0 Å². The summed E-state index contributed by atoms with van der Waals surface area (Å²) in [5.41, 5.74) is 2.83. The molecular formula is C12H16N2O. The molecule has 1 aromatic carbocycles. The third-order valence-corrected chi connectivity index (χ3v) is 2.75. The van der Waals surface area contributed by atoms with Crippen molar-refractivity contribution in [3.05, 3.63) is 23.5 Å². The molecule has 0 aliphatic heterocycles. The summed E-state index contributed by atoms with van der Waals surface area (Å²) in [6, 6.07) is 3.71. The van der Waals surface area contributed by atoms with Crippen LogP contribution >= 0.6 is 0 Å². The number of phenolic OH excluding ortho intramolecular Hbond substituents is 1. The van der Waals surface area contributed by atoms with Crippen LogP contribution in [0.4, 0.5) is 0 Å². The molecule has 0 spiro atoms. The number of nitrogens with zero attached hydrogens (tertiary/aromatic N) is 2. The zero-order chi connectivity index (χ0) is 11.2. The van der Waals surface area contributed by atoms with E-state index in [0.717, 1.165) is 22.4 Å². The van der Waals surface area contributed by atoms with E-state index >= 15 is 0 Å². The quantitative estimate of drug-likeness (QED) is 0.775. The Morgan fingerprint density at radius 2 is 2.00 bits per heavy atom. The van der Waals surface area contributed by atoms with E-state index in [-0.39, 0.29) is 0 Å². The highest BCUT2D eigenvalue weighted by molar-refractivity contribution is 5.79. The van der Waals surface area contributed by atoms with Crippen molar-refractivity contribution in [2.45, 2.75) is 26.7 Å². The predicted molar refractivity (Wildman–Crippen MR) is 61.2 cm³/mol. The monoisotopic (exact) mass is 204 g/mol. The van der Waals surface area contributed by atoms with Crippen LogP contribution < -0.4 is 0 Å².